The molecule has 29 heavy (non-hydrogen) atoms. The third-order valence-corrected chi connectivity index (χ3v) is 6.45. The summed E-state index contributed by atoms with van der Waals surface area (Å²) in [5, 5.41) is 14.4. The molecule has 5 heteroatoms. The number of pyridine rings is 1. The molecule has 1 fully saturated rings. The first-order valence-electron chi connectivity index (χ1n) is 10.6. The third-order valence-electron chi connectivity index (χ3n) is 6.45. The van der Waals surface area contributed by atoms with Gasteiger partial charge in [-0.2, -0.15) is 0 Å². The van der Waals surface area contributed by atoms with E-state index in [0.29, 0.717) is 12.6 Å². The average molecular weight is 395 g/mol. The Hall–Kier alpha value is -2.40. The van der Waals surface area contributed by atoms with Gasteiger partial charge in [-0.15, -0.1) is 0 Å². The number of aliphatic hydroxyl groups excluding tert-OH is 1. The van der Waals surface area contributed by atoms with Crippen molar-refractivity contribution in [1.29, 1.82) is 0 Å². The predicted octanol–water partition coefficient (Wildman–Crippen LogP) is 3.79. The molecule has 2 aromatic rings. The molecule has 0 saturated heterocycles. The van der Waals surface area contributed by atoms with Gasteiger partial charge in [0.05, 0.1) is 6.10 Å². The molecule has 1 aromatic carbocycles. The highest BCUT2D eigenvalue weighted by Gasteiger charge is 2.38. The van der Waals surface area contributed by atoms with E-state index in [0.717, 1.165) is 53.7 Å². The summed E-state index contributed by atoms with van der Waals surface area (Å²) >= 11 is 0. The van der Waals surface area contributed by atoms with Crippen LogP contribution in [0.3, 0.4) is 0 Å². The minimum absolute atomic E-state index is 0.0679. The Balaban J connectivity index is 1.56. The Bertz CT molecular complexity index is 893. The summed E-state index contributed by atoms with van der Waals surface area (Å²) in [5.41, 5.74) is 5.27. The van der Waals surface area contributed by atoms with E-state index in [-0.39, 0.29) is 17.7 Å². The molecule has 3 atom stereocenters. The van der Waals surface area contributed by atoms with Crippen molar-refractivity contribution in [3.63, 3.8) is 0 Å². The number of benzene rings is 1. The first-order valence-corrected chi connectivity index (χ1v) is 10.6. The zero-order chi connectivity index (χ0) is 20.5. The molecule has 1 unspecified atom stereocenters. The number of nitrogens with one attached hydrogen (secondary N) is 1. The van der Waals surface area contributed by atoms with Gasteiger partial charge in [0.1, 0.15) is 12.4 Å². The van der Waals surface area contributed by atoms with E-state index in [2.05, 4.69) is 23.3 Å². The molecule has 5 nitrogen and oxygen atoms in total. The second-order valence-corrected chi connectivity index (χ2v) is 8.58. The summed E-state index contributed by atoms with van der Waals surface area (Å²) in [6, 6.07) is 6.29. The maximum atomic E-state index is 12.6. The van der Waals surface area contributed by atoms with Crippen molar-refractivity contribution < 1.29 is 14.6 Å². The Labute approximate surface area is 172 Å². The smallest absolute Gasteiger partial charge is 0.223 e. The van der Waals surface area contributed by atoms with Crippen molar-refractivity contribution in [3.05, 3.63) is 58.4 Å². The average Bonchev–Trinajstić information content (AvgIpc) is 3.53. The number of hydrogen-bond donors (Lipinski definition) is 2. The van der Waals surface area contributed by atoms with Gasteiger partial charge in [0.25, 0.3) is 0 Å². The van der Waals surface area contributed by atoms with Gasteiger partial charge < -0.3 is 15.2 Å². The Morgan fingerprint density at radius 2 is 2.14 bits per heavy atom. The molecule has 0 aliphatic heterocycles. The standard InChI is InChI=1S/C24H30N2O3/c1-14-11-21(29-13-17-5-4-10-25-12-17)16(3)22-19(14)8-9-20(23(22)27)15(2)24(28)26-18-6-7-18/h4-5,10-12,15,18,20,23,27H,6-9,13H2,1-3H3,(H,26,28)/t15-,20?,23+/m0/s1. The molecule has 2 aliphatic carbocycles. The number of carbonyl (C=O) groups is 1. The van der Waals surface area contributed by atoms with E-state index in [1.165, 1.54) is 5.56 Å². The molecular weight excluding hydrogens is 364 g/mol. The van der Waals surface area contributed by atoms with E-state index >= 15 is 0 Å². The number of amides is 1. The fourth-order valence-electron chi connectivity index (χ4n) is 4.45. The largest absolute Gasteiger partial charge is 0.489 e. The summed E-state index contributed by atoms with van der Waals surface area (Å²) in [6.07, 6.45) is 6.74. The van der Waals surface area contributed by atoms with Gasteiger partial charge in [-0.1, -0.05) is 13.0 Å². The lowest BCUT2D eigenvalue weighted by molar-refractivity contribution is -0.128. The maximum absolute atomic E-state index is 12.6. The fourth-order valence-corrected chi connectivity index (χ4v) is 4.45. The molecule has 4 rings (SSSR count). The number of fused-ring (bicyclic) bond motifs is 1. The number of aromatic nitrogens is 1. The molecule has 0 spiro atoms. The van der Waals surface area contributed by atoms with Gasteiger partial charge in [0, 0.05) is 35.8 Å². The molecule has 0 bridgehead atoms. The molecule has 1 amide bonds. The highest BCUT2D eigenvalue weighted by molar-refractivity contribution is 5.79. The third kappa shape index (κ3) is 4.15. The normalized spacial score (nSPS) is 21.9. The number of ether oxygens (including phenoxy) is 1. The van der Waals surface area contributed by atoms with Gasteiger partial charge in [0.2, 0.25) is 5.91 Å². The first kappa shape index (κ1) is 19.9. The molecule has 154 valence electrons. The van der Waals surface area contributed by atoms with Crippen molar-refractivity contribution in [2.24, 2.45) is 11.8 Å². The lowest BCUT2D eigenvalue weighted by atomic mass is 9.72. The van der Waals surface area contributed by atoms with Gasteiger partial charge in [-0.25, -0.2) is 0 Å². The zero-order valence-corrected chi connectivity index (χ0v) is 17.4. The molecule has 1 saturated carbocycles. The lowest BCUT2D eigenvalue weighted by Gasteiger charge is -2.36. The van der Waals surface area contributed by atoms with Gasteiger partial charge in [-0.05, 0) is 73.9 Å². The van der Waals surface area contributed by atoms with Crippen LogP contribution in [0.1, 0.15) is 60.1 Å². The highest BCUT2D eigenvalue weighted by atomic mass is 16.5. The zero-order valence-electron chi connectivity index (χ0n) is 17.4. The highest BCUT2D eigenvalue weighted by Crippen LogP contribution is 2.44. The van der Waals surface area contributed by atoms with Crippen LogP contribution < -0.4 is 10.1 Å². The van der Waals surface area contributed by atoms with Gasteiger partial charge >= 0.3 is 0 Å². The quantitative estimate of drug-likeness (QED) is 0.782. The van der Waals surface area contributed by atoms with Crippen LogP contribution in [0.15, 0.2) is 30.6 Å². The number of hydrogen-bond acceptors (Lipinski definition) is 4. The minimum atomic E-state index is -0.653. The van der Waals surface area contributed by atoms with Crippen molar-refractivity contribution >= 4 is 5.91 Å². The van der Waals surface area contributed by atoms with Crippen LogP contribution in [-0.2, 0) is 17.8 Å². The van der Waals surface area contributed by atoms with Crippen LogP contribution in [0.2, 0.25) is 0 Å². The van der Waals surface area contributed by atoms with E-state index in [1.54, 1.807) is 12.4 Å². The topological polar surface area (TPSA) is 71.5 Å². The number of nitrogens with zero attached hydrogens (tertiary/aromatic N) is 1. The van der Waals surface area contributed by atoms with E-state index < -0.39 is 6.10 Å². The minimum Gasteiger partial charge on any atom is -0.489 e. The van der Waals surface area contributed by atoms with Crippen LogP contribution in [0.4, 0.5) is 0 Å². The van der Waals surface area contributed by atoms with Crippen molar-refractivity contribution in [2.75, 3.05) is 0 Å². The number of rotatable bonds is 6. The summed E-state index contributed by atoms with van der Waals surface area (Å²) in [7, 11) is 0. The van der Waals surface area contributed by atoms with Crippen molar-refractivity contribution in [3.8, 4) is 5.75 Å². The van der Waals surface area contributed by atoms with Gasteiger partial charge in [-0.3, -0.25) is 9.78 Å². The monoisotopic (exact) mass is 394 g/mol. The summed E-state index contributed by atoms with van der Waals surface area (Å²) < 4.78 is 6.09. The molecule has 2 aliphatic rings. The van der Waals surface area contributed by atoms with Crippen LogP contribution in [0.25, 0.3) is 0 Å². The molecular formula is C24H30N2O3. The van der Waals surface area contributed by atoms with Crippen molar-refractivity contribution in [1.82, 2.24) is 10.3 Å². The molecule has 1 aromatic heterocycles. The van der Waals surface area contributed by atoms with Crippen LogP contribution >= 0.6 is 0 Å². The summed E-state index contributed by atoms with van der Waals surface area (Å²) in [6.45, 7) is 6.47. The first-order chi connectivity index (χ1) is 14.0. The van der Waals surface area contributed by atoms with Crippen molar-refractivity contribution in [2.45, 2.75) is 65.2 Å². The second kappa shape index (κ2) is 8.15. The second-order valence-electron chi connectivity index (χ2n) is 8.58. The fraction of sp³-hybridized carbons (Fsp3) is 0.500. The summed E-state index contributed by atoms with van der Waals surface area (Å²) in [5.74, 6) is 0.574. The molecule has 2 N–H and O–H groups in total. The van der Waals surface area contributed by atoms with E-state index in [9.17, 15) is 9.90 Å². The Kier molecular flexibility index (Phi) is 5.59. The lowest BCUT2D eigenvalue weighted by Crippen LogP contribution is -2.38. The Morgan fingerprint density at radius 3 is 2.83 bits per heavy atom. The van der Waals surface area contributed by atoms with Gasteiger partial charge in [0.15, 0.2) is 0 Å². The Morgan fingerprint density at radius 1 is 1.34 bits per heavy atom. The number of aliphatic hydroxyl groups is 1. The van der Waals surface area contributed by atoms with Crippen LogP contribution in [0.5, 0.6) is 5.75 Å². The molecule has 1 heterocycles. The van der Waals surface area contributed by atoms with E-state index in [1.807, 2.05) is 26.0 Å². The van der Waals surface area contributed by atoms with E-state index in [4.69, 9.17) is 4.74 Å². The molecule has 0 radical (unpaired) electrons. The summed E-state index contributed by atoms with van der Waals surface area (Å²) in [4.78, 5) is 16.7. The number of carbonyl (C=O) groups excluding carboxylic acids is 1. The number of aryl methyl sites for hydroxylation is 1. The SMILES string of the molecule is Cc1cc(OCc2cccnc2)c(C)c2c1CCC([C@H](C)C(=O)NC1CC1)[C@H]2O. The predicted molar refractivity (Wildman–Crippen MR) is 112 cm³/mol. The maximum Gasteiger partial charge on any atom is 0.223 e. The van der Waals surface area contributed by atoms with Crippen LogP contribution in [-0.4, -0.2) is 22.0 Å². The van der Waals surface area contributed by atoms with Crippen LogP contribution in [0, 0.1) is 25.7 Å².